The maximum absolute atomic E-state index is 12.3. The molecule has 1 heterocycles. The minimum atomic E-state index is 0.135. The van der Waals surface area contributed by atoms with Crippen molar-refractivity contribution >= 4 is 5.91 Å². The van der Waals surface area contributed by atoms with Gasteiger partial charge in [0.15, 0.2) is 0 Å². The van der Waals surface area contributed by atoms with Crippen LogP contribution in [0, 0.1) is 0 Å². The molecular formula is C23H31N3O. The molecule has 3 rings (SSSR count). The first-order valence-corrected chi connectivity index (χ1v) is 10.0. The summed E-state index contributed by atoms with van der Waals surface area (Å²) in [6.07, 6.45) is 1.10. The summed E-state index contributed by atoms with van der Waals surface area (Å²) in [5.41, 5.74) is 2.66. The predicted octanol–water partition coefficient (Wildman–Crippen LogP) is 2.77. The second-order valence-electron chi connectivity index (χ2n) is 7.47. The molecule has 1 aliphatic rings. The molecule has 0 spiro atoms. The largest absolute Gasteiger partial charge is 0.354 e. The summed E-state index contributed by atoms with van der Waals surface area (Å²) in [7, 11) is 0. The third kappa shape index (κ3) is 6.49. The zero-order valence-corrected chi connectivity index (χ0v) is 16.3. The molecule has 0 bridgehead atoms. The Kier molecular flexibility index (Phi) is 7.43. The van der Waals surface area contributed by atoms with E-state index in [1.807, 2.05) is 18.2 Å². The number of nitrogens with one attached hydrogen (secondary N) is 1. The number of hydrogen-bond acceptors (Lipinski definition) is 3. The van der Waals surface area contributed by atoms with Gasteiger partial charge in [-0.25, -0.2) is 0 Å². The Labute approximate surface area is 163 Å². The van der Waals surface area contributed by atoms with Crippen LogP contribution in [-0.2, 0) is 11.2 Å². The highest BCUT2D eigenvalue weighted by Gasteiger charge is 2.19. The Balaban J connectivity index is 1.32. The molecular weight excluding hydrogens is 334 g/mol. The van der Waals surface area contributed by atoms with E-state index < -0.39 is 0 Å². The molecule has 0 aliphatic carbocycles. The van der Waals surface area contributed by atoms with E-state index in [-0.39, 0.29) is 5.91 Å². The Hall–Kier alpha value is -2.17. The summed E-state index contributed by atoms with van der Waals surface area (Å²) in [6.45, 7) is 8.47. The summed E-state index contributed by atoms with van der Waals surface area (Å²) < 4.78 is 0. The molecule has 2 aromatic carbocycles. The van der Waals surface area contributed by atoms with Crippen molar-refractivity contribution in [3.63, 3.8) is 0 Å². The molecule has 1 atom stereocenters. The molecule has 1 saturated heterocycles. The van der Waals surface area contributed by atoms with Gasteiger partial charge in [-0.15, -0.1) is 0 Å². The zero-order valence-electron chi connectivity index (χ0n) is 16.3. The van der Waals surface area contributed by atoms with Gasteiger partial charge in [0.25, 0.3) is 0 Å². The van der Waals surface area contributed by atoms with E-state index in [1.54, 1.807) is 0 Å². The fourth-order valence-electron chi connectivity index (χ4n) is 3.53. The van der Waals surface area contributed by atoms with Crippen LogP contribution in [0.3, 0.4) is 0 Å². The van der Waals surface area contributed by atoms with Crippen LogP contribution in [0.1, 0.15) is 24.0 Å². The van der Waals surface area contributed by atoms with Crippen LogP contribution in [0.4, 0.5) is 0 Å². The average Bonchev–Trinajstić information content (AvgIpc) is 2.73. The van der Waals surface area contributed by atoms with Gasteiger partial charge in [-0.3, -0.25) is 9.69 Å². The van der Waals surface area contributed by atoms with Crippen molar-refractivity contribution < 1.29 is 4.79 Å². The molecule has 1 aliphatic heterocycles. The molecule has 144 valence electrons. The van der Waals surface area contributed by atoms with Crippen LogP contribution < -0.4 is 5.32 Å². The molecule has 0 saturated carbocycles. The van der Waals surface area contributed by atoms with Gasteiger partial charge in [-0.2, -0.15) is 0 Å². The lowest BCUT2D eigenvalue weighted by Gasteiger charge is -2.34. The highest BCUT2D eigenvalue weighted by Crippen LogP contribution is 2.13. The summed E-state index contributed by atoms with van der Waals surface area (Å²) in [6, 6.07) is 21.0. The maximum Gasteiger partial charge on any atom is 0.234 e. The summed E-state index contributed by atoms with van der Waals surface area (Å²) in [4.78, 5) is 17.0. The van der Waals surface area contributed by atoms with E-state index in [9.17, 15) is 4.79 Å². The zero-order chi connectivity index (χ0) is 18.9. The SMILES string of the molecule is CC(CNC(=O)CN1CCN(CCc2ccccc2)CC1)c1ccccc1. The Morgan fingerprint density at radius 3 is 2.19 bits per heavy atom. The summed E-state index contributed by atoms with van der Waals surface area (Å²) >= 11 is 0. The monoisotopic (exact) mass is 365 g/mol. The standard InChI is InChI=1S/C23H31N3O/c1-20(22-10-6-3-7-11-22)18-24-23(27)19-26-16-14-25(15-17-26)13-12-21-8-4-2-5-9-21/h2-11,20H,12-19H2,1H3,(H,24,27). The smallest absolute Gasteiger partial charge is 0.234 e. The van der Waals surface area contributed by atoms with Gasteiger partial charge in [-0.05, 0) is 23.5 Å². The van der Waals surface area contributed by atoms with E-state index in [2.05, 4.69) is 64.5 Å². The van der Waals surface area contributed by atoms with Gasteiger partial charge in [0.05, 0.1) is 6.54 Å². The molecule has 1 fully saturated rings. The molecule has 0 aromatic heterocycles. The molecule has 1 N–H and O–H groups in total. The minimum Gasteiger partial charge on any atom is -0.354 e. The number of rotatable bonds is 8. The molecule has 27 heavy (non-hydrogen) atoms. The number of benzene rings is 2. The van der Waals surface area contributed by atoms with E-state index >= 15 is 0 Å². The van der Waals surface area contributed by atoms with Gasteiger partial charge in [0.1, 0.15) is 0 Å². The van der Waals surface area contributed by atoms with Crippen LogP contribution in [0.15, 0.2) is 60.7 Å². The molecule has 4 nitrogen and oxygen atoms in total. The van der Waals surface area contributed by atoms with Crippen LogP contribution in [0.25, 0.3) is 0 Å². The predicted molar refractivity (Wildman–Crippen MR) is 111 cm³/mol. The van der Waals surface area contributed by atoms with Crippen LogP contribution in [0.2, 0.25) is 0 Å². The van der Waals surface area contributed by atoms with Crippen molar-refractivity contribution in [3.8, 4) is 0 Å². The first-order chi connectivity index (χ1) is 13.2. The number of amides is 1. The van der Waals surface area contributed by atoms with E-state index in [1.165, 1.54) is 11.1 Å². The van der Waals surface area contributed by atoms with E-state index in [4.69, 9.17) is 0 Å². The van der Waals surface area contributed by atoms with Crippen LogP contribution >= 0.6 is 0 Å². The molecule has 2 aromatic rings. The Bertz CT molecular complexity index is 681. The number of hydrogen-bond donors (Lipinski definition) is 1. The van der Waals surface area contributed by atoms with E-state index in [0.29, 0.717) is 19.0 Å². The van der Waals surface area contributed by atoms with Crippen molar-refractivity contribution in [2.75, 3.05) is 45.8 Å². The van der Waals surface area contributed by atoms with Crippen molar-refractivity contribution in [3.05, 3.63) is 71.8 Å². The lowest BCUT2D eigenvalue weighted by molar-refractivity contribution is -0.122. The van der Waals surface area contributed by atoms with Gasteiger partial charge < -0.3 is 10.2 Å². The Morgan fingerprint density at radius 2 is 1.52 bits per heavy atom. The van der Waals surface area contributed by atoms with Crippen molar-refractivity contribution in [2.45, 2.75) is 19.3 Å². The number of carbonyl (C=O) groups is 1. The van der Waals surface area contributed by atoms with Gasteiger partial charge in [0, 0.05) is 39.3 Å². The quantitative estimate of drug-likeness (QED) is 0.781. The molecule has 1 amide bonds. The fourth-order valence-corrected chi connectivity index (χ4v) is 3.53. The number of piperazine rings is 1. The van der Waals surface area contributed by atoms with Crippen molar-refractivity contribution in [2.24, 2.45) is 0 Å². The van der Waals surface area contributed by atoms with Crippen molar-refractivity contribution in [1.29, 1.82) is 0 Å². The first kappa shape index (κ1) is 19.6. The topological polar surface area (TPSA) is 35.6 Å². The summed E-state index contributed by atoms with van der Waals surface area (Å²) in [5, 5.41) is 3.09. The second-order valence-corrected chi connectivity index (χ2v) is 7.47. The van der Waals surface area contributed by atoms with Crippen LogP contribution in [0.5, 0.6) is 0 Å². The van der Waals surface area contributed by atoms with Gasteiger partial charge >= 0.3 is 0 Å². The molecule has 4 heteroatoms. The second kappa shape index (κ2) is 10.2. The third-order valence-electron chi connectivity index (χ3n) is 5.37. The maximum atomic E-state index is 12.3. The lowest BCUT2D eigenvalue weighted by Crippen LogP contribution is -2.50. The van der Waals surface area contributed by atoms with E-state index in [0.717, 1.165) is 39.1 Å². The number of nitrogens with zero attached hydrogens (tertiary/aromatic N) is 2. The number of carbonyl (C=O) groups excluding carboxylic acids is 1. The lowest BCUT2D eigenvalue weighted by atomic mass is 10.0. The fraction of sp³-hybridized carbons (Fsp3) is 0.435. The van der Waals surface area contributed by atoms with Crippen LogP contribution in [-0.4, -0.2) is 61.5 Å². The Morgan fingerprint density at radius 1 is 0.926 bits per heavy atom. The van der Waals surface area contributed by atoms with Crippen molar-refractivity contribution in [1.82, 2.24) is 15.1 Å². The molecule has 1 unspecified atom stereocenters. The average molecular weight is 366 g/mol. The van der Waals surface area contributed by atoms with Gasteiger partial charge in [-0.1, -0.05) is 67.6 Å². The molecule has 0 radical (unpaired) electrons. The normalized spacial score (nSPS) is 16.8. The minimum absolute atomic E-state index is 0.135. The highest BCUT2D eigenvalue weighted by atomic mass is 16.2. The van der Waals surface area contributed by atoms with Gasteiger partial charge in [0.2, 0.25) is 5.91 Å². The highest BCUT2D eigenvalue weighted by molar-refractivity contribution is 5.78. The summed E-state index contributed by atoms with van der Waals surface area (Å²) in [5.74, 6) is 0.473. The third-order valence-corrected chi connectivity index (χ3v) is 5.37. The first-order valence-electron chi connectivity index (χ1n) is 10.0.